The lowest BCUT2D eigenvalue weighted by Crippen LogP contribution is -2.47. The molecule has 0 bridgehead atoms. The number of esters is 1. The molecule has 6 heteroatoms. The molecule has 0 spiro atoms. The maximum absolute atomic E-state index is 13.0. The molecular weight excluding hydrogens is 358 g/mol. The molecule has 2 rings (SSSR count). The van der Waals surface area contributed by atoms with Gasteiger partial charge in [0.05, 0.1) is 12.0 Å². The molecule has 0 saturated heterocycles. The molecular formula is C22H31NO5. The normalized spacial score (nSPS) is 16.1. The van der Waals surface area contributed by atoms with Crippen molar-refractivity contribution in [2.75, 3.05) is 13.2 Å². The van der Waals surface area contributed by atoms with Crippen LogP contribution in [0.15, 0.2) is 30.3 Å². The maximum Gasteiger partial charge on any atom is 0.408 e. The first-order valence-corrected chi connectivity index (χ1v) is 10.0. The molecule has 28 heavy (non-hydrogen) atoms. The number of hydrogen-bond acceptors (Lipinski definition) is 5. The zero-order valence-corrected chi connectivity index (χ0v) is 17.1. The number of ether oxygens (including phenoxy) is 2. The number of nitrogens with one attached hydrogen (secondary N) is 1. The van der Waals surface area contributed by atoms with Gasteiger partial charge in [0.15, 0.2) is 5.60 Å². The summed E-state index contributed by atoms with van der Waals surface area (Å²) in [6.07, 6.45) is 3.77. The molecule has 0 aliphatic heterocycles. The van der Waals surface area contributed by atoms with Gasteiger partial charge in [0.1, 0.15) is 6.61 Å². The lowest BCUT2D eigenvalue weighted by atomic mass is 9.79. The van der Waals surface area contributed by atoms with E-state index in [-0.39, 0.29) is 24.9 Å². The lowest BCUT2D eigenvalue weighted by molar-refractivity contribution is -0.153. The van der Waals surface area contributed by atoms with Gasteiger partial charge in [-0.1, -0.05) is 43.7 Å². The van der Waals surface area contributed by atoms with E-state index in [4.69, 9.17) is 9.47 Å². The van der Waals surface area contributed by atoms with E-state index in [1.165, 1.54) is 0 Å². The molecule has 0 heterocycles. The molecule has 1 aromatic carbocycles. The van der Waals surface area contributed by atoms with Crippen molar-refractivity contribution in [1.29, 1.82) is 0 Å². The Labute approximate surface area is 167 Å². The zero-order valence-electron chi connectivity index (χ0n) is 17.1. The van der Waals surface area contributed by atoms with E-state index < -0.39 is 17.1 Å². The molecule has 1 amide bonds. The number of benzene rings is 1. The van der Waals surface area contributed by atoms with Crippen LogP contribution in [0, 0.1) is 5.41 Å². The highest BCUT2D eigenvalue weighted by atomic mass is 16.6. The van der Waals surface area contributed by atoms with Crippen LogP contribution in [0.2, 0.25) is 0 Å². The Hall–Kier alpha value is -2.37. The number of hydrogen-bond donors (Lipinski definition) is 1. The SMILES string of the molecule is CCC(C)(C)C(=O)OCCNC(=O)OC1(C(=O)c2ccccc2)CCCCC1. The second kappa shape index (κ2) is 9.71. The summed E-state index contributed by atoms with van der Waals surface area (Å²) in [6.45, 7) is 5.76. The van der Waals surface area contributed by atoms with Crippen molar-refractivity contribution >= 4 is 17.8 Å². The highest BCUT2D eigenvalue weighted by molar-refractivity contribution is 6.03. The van der Waals surface area contributed by atoms with Crippen LogP contribution in [0.3, 0.4) is 0 Å². The quantitative estimate of drug-likeness (QED) is 0.408. The monoisotopic (exact) mass is 389 g/mol. The number of amides is 1. The highest BCUT2D eigenvalue weighted by Crippen LogP contribution is 2.35. The Bertz CT molecular complexity index is 677. The summed E-state index contributed by atoms with van der Waals surface area (Å²) in [7, 11) is 0. The van der Waals surface area contributed by atoms with Crippen molar-refractivity contribution in [2.24, 2.45) is 5.41 Å². The van der Waals surface area contributed by atoms with Crippen LogP contribution >= 0.6 is 0 Å². The first-order chi connectivity index (χ1) is 13.3. The topological polar surface area (TPSA) is 81.7 Å². The number of Topliss-reactive ketones (excluding diaryl/α,β-unsaturated/α-hetero) is 1. The van der Waals surface area contributed by atoms with E-state index in [0.29, 0.717) is 24.8 Å². The van der Waals surface area contributed by atoms with Crippen molar-refractivity contribution in [2.45, 2.75) is 64.9 Å². The summed E-state index contributed by atoms with van der Waals surface area (Å²) in [5, 5.41) is 2.60. The lowest BCUT2D eigenvalue weighted by Gasteiger charge is -2.35. The molecule has 6 nitrogen and oxygen atoms in total. The summed E-state index contributed by atoms with van der Waals surface area (Å²) in [5.41, 5.74) is -1.12. The van der Waals surface area contributed by atoms with Gasteiger partial charge in [-0.05, 0) is 46.0 Å². The van der Waals surface area contributed by atoms with Crippen molar-refractivity contribution in [3.63, 3.8) is 0 Å². The number of carbonyl (C=O) groups excluding carboxylic acids is 3. The smallest absolute Gasteiger partial charge is 0.408 e. The molecule has 0 unspecified atom stereocenters. The fourth-order valence-corrected chi connectivity index (χ4v) is 3.20. The number of alkyl carbamates (subject to hydrolysis) is 1. The minimum atomic E-state index is -1.12. The minimum Gasteiger partial charge on any atom is -0.463 e. The molecule has 0 radical (unpaired) electrons. The standard InChI is InChI=1S/C22H31NO5/c1-4-21(2,3)19(25)27-16-15-23-20(26)28-22(13-9-6-10-14-22)18(24)17-11-7-5-8-12-17/h5,7-8,11-12H,4,6,9-10,13-16H2,1-3H3,(H,23,26). The van der Waals surface area contributed by atoms with Gasteiger partial charge in [-0.15, -0.1) is 0 Å². The third-order valence-corrected chi connectivity index (χ3v) is 5.44. The summed E-state index contributed by atoms with van der Waals surface area (Å²) < 4.78 is 10.9. The van der Waals surface area contributed by atoms with Gasteiger partial charge in [0.2, 0.25) is 5.78 Å². The van der Waals surface area contributed by atoms with Crippen molar-refractivity contribution in [3.8, 4) is 0 Å². The van der Waals surface area contributed by atoms with Crippen molar-refractivity contribution in [1.82, 2.24) is 5.32 Å². The Balaban J connectivity index is 1.91. The number of rotatable bonds is 8. The van der Waals surface area contributed by atoms with Gasteiger partial charge in [-0.2, -0.15) is 0 Å². The maximum atomic E-state index is 13.0. The summed E-state index contributed by atoms with van der Waals surface area (Å²) in [4.78, 5) is 37.3. The van der Waals surface area contributed by atoms with Crippen molar-refractivity contribution < 1.29 is 23.9 Å². The predicted molar refractivity (Wildman–Crippen MR) is 106 cm³/mol. The van der Waals surface area contributed by atoms with Crippen LogP contribution in [0.5, 0.6) is 0 Å². The molecule has 1 aromatic rings. The van der Waals surface area contributed by atoms with Crippen LogP contribution in [0.25, 0.3) is 0 Å². The van der Waals surface area contributed by atoms with Crippen LogP contribution in [0.1, 0.15) is 69.7 Å². The molecule has 1 aliphatic rings. The van der Waals surface area contributed by atoms with Gasteiger partial charge in [-0.25, -0.2) is 4.79 Å². The second-order valence-corrected chi connectivity index (χ2v) is 7.94. The number of carbonyl (C=O) groups is 3. The van der Waals surface area contributed by atoms with E-state index in [9.17, 15) is 14.4 Å². The second-order valence-electron chi connectivity index (χ2n) is 7.94. The zero-order chi connectivity index (χ0) is 20.6. The van der Waals surface area contributed by atoms with Crippen LogP contribution in [-0.4, -0.2) is 36.6 Å². The summed E-state index contributed by atoms with van der Waals surface area (Å²) in [5.74, 6) is -0.452. The average Bonchev–Trinajstić information content (AvgIpc) is 2.71. The summed E-state index contributed by atoms with van der Waals surface area (Å²) >= 11 is 0. The van der Waals surface area contributed by atoms with Gasteiger partial charge >= 0.3 is 12.1 Å². The van der Waals surface area contributed by atoms with Crippen LogP contribution < -0.4 is 5.32 Å². The van der Waals surface area contributed by atoms with E-state index in [2.05, 4.69) is 5.32 Å². The molecule has 1 saturated carbocycles. The van der Waals surface area contributed by atoms with Gasteiger partial charge < -0.3 is 14.8 Å². The highest BCUT2D eigenvalue weighted by Gasteiger charge is 2.43. The Morgan fingerprint density at radius 2 is 1.71 bits per heavy atom. The molecule has 1 fully saturated rings. The third kappa shape index (κ3) is 5.57. The van der Waals surface area contributed by atoms with E-state index in [1.807, 2.05) is 26.8 Å². The van der Waals surface area contributed by atoms with Crippen molar-refractivity contribution in [3.05, 3.63) is 35.9 Å². The fourth-order valence-electron chi connectivity index (χ4n) is 3.20. The Morgan fingerprint density at radius 1 is 1.07 bits per heavy atom. The number of ketones is 1. The van der Waals surface area contributed by atoms with Crippen LogP contribution in [0.4, 0.5) is 4.79 Å². The molecule has 0 aromatic heterocycles. The minimum absolute atomic E-state index is 0.0665. The first-order valence-electron chi connectivity index (χ1n) is 10.0. The predicted octanol–water partition coefficient (Wildman–Crippen LogP) is 4.28. The summed E-state index contributed by atoms with van der Waals surface area (Å²) in [6, 6.07) is 8.94. The average molecular weight is 389 g/mol. The Morgan fingerprint density at radius 3 is 2.32 bits per heavy atom. The molecule has 1 N–H and O–H groups in total. The van der Waals surface area contributed by atoms with E-state index in [0.717, 1.165) is 19.3 Å². The van der Waals surface area contributed by atoms with E-state index in [1.54, 1.807) is 24.3 Å². The Kier molecular flexibility index (Phi) is 7.61. The fraction of sp³-hybridized carbons (Fsp3) is 0.591. The first kappa shape index (κ1) is 21.9. The van der Waals surface area contributed by atoms with Gasteiger partial charge in [0, 0.05) is 5.56 Å². The largest absolute Gasteiger partial charge is 0.463 e. The molecule has 154 valence electrons. The van der Waals surface area contributed by atoms with Gasteiger partial charge in [0.25, 0.3) is 0 Å². The van der Waals surface area contributed by atoms with Gasteiger partial charge in [-0.3, -0.25) is 9.59 Å². The van der Waals surface area contributed by atoms with E-state index >= 15 is 0 Å². The molecule has 1 aliphatic carbocycles. The molecule has 0 atom stereocenters. The third-order valence-electron chi connectivity index (χ3n) is 5.44. The van der Waals surface area contributed by atoms with Crippen LogP contribution in [-0.2, 0) is 14.3 Å².